The van der Waals surface area contributed by atoms with Crippen LogP contribution < -0.4 is 10.2 Å². The van der Waals surface area contributed by atoms with E-state index in [1.807, 2.05) is 6.08 Å². The lowest BCUT2D eigenvalue weighted by Gasteiger charge is -2.18. The molecule has 2 aromatic rings. The lowest BCUT2D eigenvalue weighted by Crippen LogP contribution is -2.12. The van der Waals surface area contributed by atoms with Crippen LogP contribution in [0.15, 0.2) is 49.0 Å². The molecule has 2 heteroatoms. The fourth-order valence-corrected chi connectivity index (χ4v) is 2.90. The molecule has 0 amide bonds. The summed E-state index contributed by atoms with van der Waals surface area (Å²) in [5.74, 6) is 0. The molecule has 3 rings (SSSR count). The predicted octanol–water partition coefficient (Wildman–Crippen LogP) is 4.50. The maximum absolute atomic E-state index is 3.78. The number of nitrogens with one attached hydrogen (secondary N) is 1. The van der Waals surface area contributed by atoms with E-state index in [-0.39, 0.29) is 0 Å². The van der Waals surface area contributed by atoms with Crippen molar-refractivity contribution in [2.24, 2.45) is 0 Å². The second kappa shape index (κ2) is 5.65. The molecule has 0 fully saturated rings. The molecule has 0 aliphatic carbocycles. The van der Waals surface area contributed by atoms with Crippen LogP contribution in [0.5, 0.6) is 0 Å². The molecule has 1 unspecified atom stereocenters. The zero-order chi connectivity index (χ0) is 14.8. The summed E-state index contributed by atoms with van der Waals surface area (Å²) in [6, 6.07) is 15.5. The average molecular weight is 278 g/mol. The van der Waals surface area contributed by atoms with Gasteiger partial charge in [0.25, 0.3) is 0 Å². The van der Waals surface area contributed by atoms with Gasteiger partial charge in [-0.3, -0.25) is 0 Å². The van der Waals surface area contributed by atoms with Gasteiger partial charge in [-0.15, -0.1) is 0 Å². The molecule has 1 atom stereocenters. The number of likely N-dealkylation sites (N-methyl/N-ethyl adjacent to an activating group) is 1. The van der Waals surface area contributed by atoms with Gasteiger partial charge in [-0.2, -0.15) is 0 Å². The fourth-order valence-electron chi connectivity index (χ4n) is 2.90. The molecule has 0 saturated heterocycles. The number of nitrogens with zero attached hydrogens (tertiary/aromatic N) is 1. The summed E-state index contributed by atoms with van der Waals surface area (Å²) in [5, 5.41) is 3.56. The Morgan fingerprint density at radius 3 is 2.67 bits per heavy atom. The van der Waals surface area contributed by atoms with Crippen molar-refractivity contribution in [3.63, 3.8) is 0 Å². The minimum Gasteiger partial charge on any atom is -0.379 e. The average Bonchev–Trinajstić information content (AvgIpc) is 2.89. The normalized spacial score (nSPS) is 14.7. The number of fused-ring (bicyclic) bond motifs is 1. The first kappa shape index (κ1) is 13.7. The van der Waals surface area contributed by atoms with Gasteiger partial charge in [-0.25, -0.2) is 0 Å². The predicted molar refractivity (Wildman–Crippen MR) is 92.0 cm³/mol. The molecule has 0 bridgehead atoms. The largest absolute Gasteiger partial charge is 0.379 e. The minimum atomic E-state index is 0.302. The smallest absolute Gasteiger partial charge is 0.0485 e. The molecular formula is C19H22N2. The van der Waals surface area contributed by atoms with Crippen LogP contribution >= 0.6 is 0 Å². The SMILES string of the molecule is C=Cc1ccc(NC(C)c2ccc3c(c2)CCN3C)cc1. The molecule has 1 aliphatic rings. The van der Waals surface area contributed by atoms with Gasteiger partial charge < -0.3 is 10.2 Å². The van der Waals surface area contributed by atoms with E-state index in [9.17, 15) is 0 Å². The second-order valence-corrected chi connectivity index (χ2v) is 5.75. The van der Waals surface area contributed by atoms with E-state index in [1.165, 1.54) is 16.8 Å². The summed E-state index contributed by atoms with van der Waals surface area (Å²) in [5.41, 5.74) is 6.48. The highest BCUT2D eigenvalue weighted by atomic mass is 15.1. The van der Waals surface area contributed by atoms with E-state index in [0.717, 1.165) is 24.2 Å². The van der Waals surface area contributed by atoms with Gasteiger partial charge >= 0.3 is 0 Å². The van der Waals surface area contributed by atoms with E-state index in [1.54, 1.807) is 0 Å². The zero-order valence-corrected chi connectivity index (χ0v) is 12.8. The third-order valence-corrected chi connectivity index (χ3v) is 4.26. The fraction of sp³-hybridized carbons (Fsp3) is 0.263. The van der Waals surface area contributed by atoms with Gasteiger partial charge in [-0.1, -0.05) is 36.9 Å². The summed E-state index contributed by atoms with van der Waals surface area (Å²) in [7, 11) is 2.16. The lowest BCUT2D eigenvalue weighted by molar-refractivity contribution is 0.882. The van der Waals surface area contributed by atoms with Crippen molar-refractivity contribution in [1.29, 1.82) is 0 Å². The first-order valence-corrected chi connectivity index (χ1v) is 7.50. The Morgan fingerprint density at radius 2 is 1.95 bits per heavy atom. The van der Waals surface area contributed by atoms with E-state index in [4.69, 9.17) is 0 Å². The third-order valence-electron chi connectivity index (χ3n) is 4.26. The highest BCUT2D eigenvalue weighted by Crippen LogP contribution is 2.30. The standard InChI is InChI=1S/C19H22N2/c1-4-15-5-8-18(9-6-15)20-14(2)16-7-10-19-17(13-16)11-12-21(19)3/h4-10,13-14,20H,1,11-12H2,2-3H3. The van der Waals surface area contributed by atoms with Crippen molar-refractivity contribution in [2.75, 3.05) is 23.8 Å². The maximum Gasteiger partial charge on any atom is 0.0485 e. The summed E-state index contributed by atoms with van der Waals surface area (Å²) in [4.78, 5) is 2.32. The first-order valence-electron chi connectivity index (χ1n) is 7.50. The number of anilines is 2. The van der Waals surface area contributed by atoms with Crippen LogP contribution in [0.1, 0.15) is 29.7 Å². The van der Waals surface area contributed by atoms with Crippen LogP contribution in [0.4, 0.5) is 11.4 Å². The van der Waals surface area contributed by atoms with Crippen molar-refractivity contribution in [2.45, 2.75) is 19.4 Å². The maximum atomic E-state index is 3.78. The number of hydrogen-bond acceptors (Lipinski definition) is 2. The molecule has 108 valence electrons. The van der Waals surface area contributed by atoms with Crippen LogP contribution in [-0.2, 0) is 6.42 Å². The van der Waals surface area contributed by atoms with E-state index < -0.39 is 0 Å². The van der Waals surface area contributed by atoms with Crippen LogP contribution in [-0.4, -0.2) is 13.6 Å². The second-order valence-electron chi connectivity index (χ2n) is 5.75. The van der Waals surface area contributed by atoms with E-state index in [0.29, 0.717) is 6.04 Å². The quantitative estimate of drug-likeness (QED) is 0.886. The molecule has 1 heterocycles. The van der Waals surface area contributed by atoms with Crippen LogP contribution in [0.3, 0.4) is 0 Å². The molecule has 0 aromatic heterocycles. The zero-order valence-electron chi connectivity index (χ0n) is 12.8. The molecule has 1 aliphatic heterocycles. The molecular weight excluding hydrogens is 256 g/mol. The molecule has 1 N–H and O–H groups in total. The molecule has 0 spiro atoms. The Bertz CT molecular complexity index is 643. The highest BCUT2D eigenvalue weighted by molar-refractivity contribution is 5.59. The van der Waals surface area contributed by atoms with Gasteiger partial charge in [0.1, 0.15) is 0 Å². The van der Waals surface area contributed by atoms with Crippen LogP contribution in [0, 0.1) is 0 Å². The van der Waals surface area contributed by atoms with E-state index in [2.05, 4.69) is 73.2 Å². The van der Waals surface area contributed by atoms with Crippen LogP contribution in [0.25, 0.3) is 6.08 Å². The summed E-state index contributed by atoms with van der Waals surface area (Å²) in [6.45, 7) is 7.12. The van der Waals surface area contributed by atoms with Gasteiger partial charge in [0.05, 0.1) is 0 Å². The molecule has 21 heavy (non-hydrogen) atoms. The van der Waals surface area contributed by atoms with Crippen molar-refractivity contribution in [3.05, 3.63) is 65.7 Å². The van der Waals surface area contributed by atoms with Gasteiger partial charge in [0.2, 0.25) is 0 Å². The summed E-state index contributed by atoms with van der Waals surface area (Å²) < 4.78 is 0. The molecule has 2 aromatic carbocycles. The minimum absolute atomic E-state index is 0.302. The summed E-state index contributed by atoms with van der Waals surface area (Å²) in [6.07, 6.45) is 3.02. The molecule has 2 nitrogen and oxygen atoms in total. The lowest BCUT2D eigenvalue weighted by atomic mass is 10.0. The molecule has 0 radical (unpaired) electrons. The van der Waals surface area contributed by atoms with Gasteiger partial charge in [-0.05, 0) is 48.2 Å². The van der Waals surface area contributed by atoms with Crippen molar-refractivity contribution in [1.82, 2.24) is 0 Å². The molecule has 0 saturated carbocycles. The number of benzene rings is 2. The Labute approximate surface area is 127 Å². The van der Waals surface area contributed by atoms with Gasteiger partial charge in [0, 0.05) is 31.0 Å². The Kier molecular flexibility index (Phi) is 3.70. The monoisotopic (exact) mass is 278 g/mol. The van der Waals surface area contributed by atoms with Crippen molar-refractivity contribution in [3.8, 4) is 0 Å². The first-order chi connectivity index (χ1) is 10.2. The van der Waals surface area contributed by atoms with Gasteiger partial charge in [0.15, 0.2) is 0 Å². The van der Waals surface area contributed by atoms with Crippen LogP contribution in [0.2, 0.25) is 0 Å². The Balaban J connectivity index is 1.75. The van der Waals surface area contributed by atoms with E-state index >= 15 is 0 Å². The number of hydrogen-bond donors (Lipinski definition) is 1. The number of rotatable bonds is 4. The third kappa shape index (κ3) is 2.80. The summed E-state index contributed by atoms with van der Waals surface area (Å²) >= 11 is 0. The van der Waals surface area contributed by atoms with Crippen molar-refractivity contribution < 1.29 is 0 Å². The van der Waals surface area contributed by atoms with Crippen molar-refractivity contribution >= 4 is 17.5 Å². The Morgan fingerprint density at radius 1 is 1.19 bits per heavy atom. The topological polar surface area (TPSA) is 15.3 Å². The highest BCUT2D eigenvalue weighted by Gasteiger charge is 2.17. The Hall–Kier alpha value is -2.22.